The maximum atomic E-state index is 5.37. The Bertz CT molecular complexity index is 631. The summed E-state index contributed by atoms with van der Waals surface area (Å²) in [5.74, 6) is 2.98. The van der Waals surface area contributed by atoms with E-state index in [1.807, 2.05) is 12.1 Å². The third-order valence-electron chi connectivity index (χ3n) is 4.27. The average molecular weight is 330 g/mol. The van der Waals surface area contributed by atoms with Crippen LogP contribution in [0.5, 0.6) is 5.75 Å². The Hall–Kier alpha value is -2.08. The molecule has 0 unspecified atom stereocenters. The normalized spacial score (nSPS) is 15.9. The van der Waals surface area contributed by atoms with E-state index in [-0.39, 0.29) is 0 Å². The van der Waals surface area contributed by atoms with Crippen molar-refractivity contribution < 1.29 is 9.26 Å². The summed E-state index contributed by atoms with van der Waals surface area (Å²) in [5.41, 5.74) is 1.24. The molecule has 2 heterocycles. The molecule has 0 radical (unpaired) electrons. The van der Waals surface area contributed by atoms with Crippen LogP contribution in [0.3, 0.4) is 0 Å². The minimum absolute atomic E-state index is 0.545. The molecule has 24 heavy (non-hydrogen) atoms. The fraction of sp³-hybridized carbons (Fsp3) is 0.556. The van der Waals surface area contributed by atoms with Crippen LogP contribution in [0.25, 0.3) is 0 Å². The van der Waals surface area contributed by atoms with Gasteiger partial charge in [0.25, 0.3) is 0 Å². The second-order valence-corrected chi connectivity index (χ2v) is 6.66. The quantitative estimate of drug-likeness (QED) is 0.811. The van der Waals surface area contributed by atoms with Crippen molar-refractivity contribution in [1.82, 2.24) is 15.0 Å². The lowest BCUT2D eigenvalue weighted by molar-refractivity contribution is 0.215. The van der Waals surface area contributed by atoms with Gasteiger partial charge in [0, 0.05) is 38.3 Å². The van der Waals surface area contributed by atoms with Crippen molar-refractivity contribution in [2.45, 2.75) is 26.8 Å². The molecule has 1 fully saturated rings. The minimum Gasteiger partial charge on any atom is -0.497 e. The van der Waals surface area contributed by atoms with Crippen LogP contribution in [-0.4, -0.2) is 48.3 Å². The van der Waals surface area contributed by atoms with Crippen molar-refractivity contribution in [1.29, 1.82) is 0 Å². The summed E-state index contributed by atoms with van der Waals surface area (Å²) in [5, 5.41) is 4.07. The Morgan fingerprint density at radius 3 is 2.46 bits per heavy atom. The third-order valence-corrected chi connectivity index (χ3v) is 4.27. The zero-order valence-corrected chi connectivity index (χ0v) is 14.7. The summed E-state index contributed by atoms with van der Waals surface area (Å²) in [6.07, 6.45) is 0.870. The highest BCUT2D eigenvalue weighted by Crippen LogP contribution is 2.21. The van der Waals surface area contributed by atoms with Gasteiger partial charge in [0.15, 0.2) is 5.82 Å². The number of piperazine rings is 1. The van der Waals surface area contributed by atoms with Gasteiger partial charge >= 0.3 is 0 Å². The molecule has 1 aromatic heterocycles. The predicted octanol–water partition coefficient (Wildman–Crippen LogP) is 2.60. The van der Waals surface area contributed by atoms with Gasteiger partial charge in [0.05, 0.1) is 13.7 Å². The number of methoxy groups -OCH3 is 1. The second kappa shape index (κ2) is 7.66. The first-order valence-corrected chi connectivity index (χ1v) is 8.57. The molecule has 0 spiro atoms. The van der Waals surface area contributed by atoms with Crippen LogP contribution in [-0.2, 0) is 13.0 Å². The van der Waals surface area contributed by atoms with E-state index in [0.29, 0.717) is 5.92 Å². The number of aromatic nitrogens is 2. The minimum atomic E-state index is 0.545. The molecule has 0 amide bonds. The van der Waals surface area contributed by atoms with E-state index < -0.39 is 0 Å². The van der Waals surface area contributed by atoms with Gasteiger partial charge in [-0.2, -0.15) is 4.98 Å². The number of hydrogen-bond donors (Lipinski definition) is 0. The molecule has 1 aliphatic heterocycles. The molecule has 0 saturated carbocycles. The van der Waals surface area contributed by atoms with Crippen LogP contribution in [0.1, 0.15) is 25.6 Å². The smallest absolute Gasteiger partial charge is 0.240 e. The molecule has 130 valence electrons. The first kappa shape index (κ1) is 16.8. The van der Waals surface area contributed by atoms with Crippen LogP contribution < -0.4 is 9.64 Å². The number of rotatable bonds is 6. The predicted molar refractivity (Wildman–Crippen MR) is 93.3 cm³/mol. The maximum absolute atomic E-state index is 5.37. The lowest BCUT2D eigenvalue weighted by Gasteiger charge is -2.35. The summed E-state index contributed by atoms with van der Waals surface area (Å²) in [6.45, 7) is 9.05. The average Bonchev–Trinajstić information content (AvgIpc) is 3.02. The lowest BCUT2D eigenvalue weighted by Crippen LogP contribution is -2.46. The molecule has 1 aliphatic rings. The molecule has 1 aromatic carbocycles. The van der Waals surface area contributed by atoms with Gasteiger partial charge in [-0.15, -0.1) is 0 Å². The van der Waals surface area contributed by atoms with Gasteiger partial charge < -0.3 is 14.2 Å². The third kappa shape index (κ3) is 4.26. The van der Waals surface area contributed by atoms with Crippen LogP contribution in [0.4, 0.5) is 5.69 Å². The van der Waals surface area contributed by atoms with Crippen molar-refractivity contribution in [3.63, 3.8) is 0 Å². The topological polar surface area (TPSA) is 54.6 Å². The Morgan fingerprint density at radius 2 is 1.83 bits per heavy atom. The van der Waals surface area contributed by atoms with Gasteiger partial charge in [-0.1, -0.05) is 19.0 Å². The van der Waals surface area contributed by atoms with Crippen LogP contribution in [0.2, 0.25) is 0 Å². The van der Waals surface area contributed by atoms with Gasteiger partial charge in [0.1, 0.15) is 5.75 Å². The lowest BCUT2D eigenvalue weighted by atomic mass is 10.1. The Kier molecular flexibility index (Phi) is 5.35. The van der Waals surface area contributed by atoms with E-state index in [1.54, 1.807) is 7.11 Å². The summed E-state index contributed by atoms with van der Waals surface area (Å²) >= 11 is 0. The van der Waals surface area contributed by atoms with Crippen LogP contribution >= 0.6 is 0 Å². The van der Waals surface area contributed by atoms with E-state index in [9.17, 15) is 0 Å². The monoisotopic (exact) mass is 330 g/mol. The number of benzene rings is 1. The van der Waals surface area contributed by atoms with Gasteiger partial charge in [-0.25, -0.2) is 0 Å². The molecule has 0 bridgehead atoms. The van der Waals surface area contributed by atoms with Crippen molar-refractivity contribution in [2.75, 3.05) is 38.2 Å². The fourth-order valence-corrected chi connectivity index (χ4v) is 2.95. The number of hydrogen-bond acceptors (Lipinski definition) is 6. The van der Waals surface area contributed by atoms with Crippen molar-refractivity contribution in [2.24, 2.45) is 5.92 Å². The highest BCUT2D eigenvalue weighted by Gasteiger charge is 2.19. The molecule has 6 nitrogen and oxygen atoms in total. The molecular formula is C18H26N4O2. The Labute approximate surface area is 143 Å². The van der Waals surface area contributed by atoms with E-state index >= 15 is 0 Å². The van der Waals surface area contributed by atoms with Gasteiger partial charge in [-0.05, 0) is 30.2 Å². The fourth-order valence-electron chi connectivity index (χ4n) is 2.95. The Balaban J connectivity index is 1.50. The van der Waals surface area contributed by atoms with E-state index in [2.05, 4.69) is 45.9 Å². The molecule has 2 aromatic rings. The number of ether oxygens (including phenoxy) is 1. The first-order chi connectivity index (χ1) is 11.6. The van der Waals surface area contributed by atoms with E-state index in [0.717, 1.165) is 56.6 Å². The largest absolute Gasteiger partial charge is 0.497 e. The maximum Gasteiger partial charge on any atom is 0.240 e. The molecule has 6 heteroatoms. The SMILES string of the molecule is COc1ccc(N2CCN(Cc3nc(CC(C)C)no3)CC2)cc1. The number of nitrogens with zero attached hydrogens (tertiary/aromatic N) is 4. The number of anilines is 1. The first-order valence-electron chi connectivity index (χ1n) is 8.57. The molecule has 0 aliphatic carbocycles. The summed E-state index contributed by atoms with van der Waals surface area (Å²) in [4.78, 5) is 9.26. The van der Waals surface area contributed by atoms with E-state index in [4.69, 9.17) is 9.26 Å². The standard InChI is InChI=1S/C18H26N4O2/c1-14(2)12-17-19-18(24-20-17)13-21-8-10-22(11-9-21)15-4-6-16(23-3)7-5-15/h4-7,14H,8-13H2,1-3H3. The highest BCUT2D eigenvalue weighted by atomic mass is 16.5. The van der Waals surface area contributed by atoms with E-state index in [1.165, 1.54) is 5.69 Å². The molecule has 0 atom stereocenters. The molecule has 1 saturated heterocycles. The molecule has 0 N–H and O–H groups in total. The van der Waals surface area contributed by atoms with Crippen molar-refractivity contribution >= 4 is 5.69 Å². The van der Waals surface area contributed by atoms with Crippen molar-refractivity contribution in [3.05, 3.63) is 36.0 Å². The highest BCUT2D eigenvalue weighted by molar-refractivity contribution is 5.49. The van der Waals surface area contributed by atoms with Crippen LogP contribution in [0.15, 0.2) is 28.8 Å². The second-order valence-electron chi connectivity index (χ2n) is 6.66. The van der Waals surface area contributed by atoms with Crippen molar-refractivity contribution in [3.8, 4) is 5.75 Å². The molecule has 3 rings (SSSR count). The molecular weight excluding hydrogens is 304 g/mol. The van der Waals surface area contributed by atoms with Crippen LogP contribution in [0, 0.1) is 5.92 Å². The zero-order chi connectivity index (χ0) is 16.9. The summed E-state index contributed by atoms with van der Waals surface area (Å²) < 4.78 is 10.6. The summed E-state index contributed by atoms with van der Waals surface area (Å²) in [6, 6.07) is 8.25. The zero-order valence-electron chi connectivity index (χ0n) is 14.7. The summed E-state index contributed by atoms with van der Waals surface area (Å²) in [7, 11) is 1.69. The van der Waals surface area contributed by atoms with Gasteiger partial charge in [0.2, 0.25) is 5.89 Å². The van der Waals surface area contributed by atoms with Gasteiger partial charge in [-0.3, -0.25) is 4.90 Å². The Morgan fingerprint density at radius 1 is 1.12 bits per heavy atom.